The average Bonchev–Trinajstić information content (AvgIpc) is 2.54. The van der Waals surface area contributed by atoms with E-state index in [1.807, 2.05) is 0 Å². The van der Waals surface area contributed by atoms with E-state index in [4.69, 9.17) is 0 Å². The van der Waals surface area contributed by atoms with Gasteiger partial charge in [0.15, 0.2) is 5.82 Å². The van der Waals surface area contributed by atoms with Gasteiger partial charge in [0.05, 0.1) is 11.2 Å². The van der Waals surface area contributed by atoms with Gasteiger partial charge in [0.25, 0.3) is 0 Å². The number of rotatable bonds is 3. The van der Waals surface area contributed by atoms with E-state index >= 15 is 0 Å². The molecule has 7 heteroatoms. The van der Waals surface area contributed by atoms with Crippen LogP contribution >= 0.6 is 0 Å². The normalized spacial score (nSPS) is 22.6. The fourth-order valence-electron chi connectivity index (χ4n) is 3.31. The van der Waals surface area contributed by atoms with Crippen molar-refractivity contribution in [3.8, 4) is 17.0 Å². The summed E-state index contributed by atoms with van der Waals surface area (Å²) >= 11 is 0. The Bertz CT molecular complexity index is 933. The van der Waals surface area contributed by atoms with Crippen LogP contribution in [0.4, 0.5) is 10.2 Å². The molecule has 0 bridgehead atoms. The molecule has 3 N–H and O–H groups in total. The number of aliphatic hydroxyl groups is 1. The standard InChI is InChI=1S/C18H17FN4O2/c1-18(25)8-10(9-18)21-17-16-11(4-3-7-20-16)15(22-23-17)14-12(19)5-2-6-13(14)24/h2-7,10,24-25H,8-9H2,1H3,(H,21,23)/t10-,18+. The third-order valence-electron chi connectivity index (χ3n) is 4.48. The SMILES string of the molecule is C[C@]1(O)C[C@@H](Nc2nnc(-c3c(O)cccc3F)c3cccnc23)C1. The maximum atomic E-state index is 14.2. The monoisotopic (exact) mass is 340 g/mol. The number of hydrogen-bond donors (Lipinski definition) is 3. The van der Waals surface area contributed by atoms with Gasteiger partial charge < -0.3 is 15.5 Å². The molecular formula is C18H17FN4O2. The molecule has 6 nitrogen and oxygen atoms in total. The van der Waals surface area contributed by atoms with Crippen LogP contribution in [-0.2, 0) is 0 Å². The van der Waals surface area contributed by atoms with E-state index < -0.39 is 11.4 Å². The lowest BCUT2D eigenvalue weighted by Gasteiger charge is -2.41. The first-order chi connectivity index (χ1) is 11.9. The van der Waals surface area contributed by atoms with E-state index in [0.717, 1.165) is 0 Å². The fraction of sp³-hybridized carbons (Fsp3) is 0.278. The molecule has 3 aromatic rings. The van der Waals surface area contributed by atoms with Crippen molar-refractivity contribution in [3.63, 3.8) is 0 Å². The molecule has 0 unspecified atom stereocenters. The Morgan fingerprint density at radius 2 is 2.00 bits per heavy atom. The highest BCUT2D eigenvalue weighted by Crippen LogP contribution is 2.37. The number of fused-ring (bicyclic) bond motifs is 1. The van der Waals surface area contributed by atoms with E-state index in [9.17, 15) is 14.6 Å². The van der Waals surface area contributed by atoms with Crippen LogP contribution in [0.5, 0.6) is 5.75 Å². The second-order valence-electron chi connectivity index (χ2n) is 6.68. The number of nitrogens with zero attached hydrogens (tertiary/aromatic N) is 3. The van der Waals surface area contributed by atoms with Crippen molar-refractivity contribution in [2.45, 2.75) is 31.4 Å². The maximum absolute atomic E-state index is 14.2. The van der Waals surface area contributed by atoms with Crippen LogP contribution in [0.1, 0.15) is 19.8 Å². The summed E-state index contributed by atoms with van der Waals surface area (Å²) in [6, 6.07) is 7.68. The Morgan fingerprint density at radius 3 is 2.72 bits per heavy atom. The highest BCUT2D eigenvalue weighted by atomic mass is 19.1. The number of nitrogens with one attached hydrogen (secondary N) is 1. The van der Waals surface area contributed by atoms with Crippen molar-refractivity contribution >= 4 is 16.7 Å². The third kappa shape index (κ3) is 2.76. The molecule has 4 rings (SSSR count). The summed E-state index contributed by atoms with van der Waals surface area (Å²) < 4.78 is 14.2. The zero-order chi connectivity index (χ0) is 17.6. The molecule has 0 atom stereocenters. The smallest absolute Gasteiger partial charge is 0.175 e. The highest BCUT2D eigenvalue weighted by Gasteiger charge is 2.38. The largest absolute Gasteiger partial charge is 0.507 e. The molecule has 1 aliphatic carbocycles. The third-order valence-corrected chi connectivity index (χ3v) is 4.48. The van der Waals surface area contributed by atoms with Crippen molar-refractivity contribution in [2.75, 3.05) is 5.32 Å². The number of anilines is 1. The minimum absolute atomic E-state index is 0.00567. The molecule has 2 heterocycles. The van der Waals surface area contributed by atoms with Crippen LogP contribution in [0, 0.1) is 5.82 Å². The molecular weight excluding hydrogens is 323 g/mol. The molecule has 0 radical (unpaired) electrons. The molecule has 1 fully saturated rings. The van der Waals surface area contributed by atoms with E-state index in [0.29, 0.717) is 29.6 Å². The molecule has 0 aliphatic heterocycles. The summed E-state index contributed by atoms with van der Waals surface area (Å²) in [6.45, 7) is 1.79. The van der Waals surface area contributed by atoms with E-state index in [1.54, 1.807) is 25.3 Å². The van der Waals surface area contributed by atoms with Crippen LogP contribution in [0.15, 0.2) is 36.5 Å². The Labute approximate surface area is 143 Å². The first-order valence-corrected chi connectivity index (χ1v) is 8.03. The molecule has 0 spiro atoms. The summed E-state index contributed by atoms with van der Waals surface area (Å²) in [5.41, 5.74) is 0.130. The zero-order valence-electron chi connectivity index (χ0n) is 13.6. The highest BCUT2D eigenvalue weighted by molar-refractivity contribution is 5.98. The molecule has 128 valence electrons. The molecule has 1 aromatic carbocycles. The minimum atomic E-state index is -0.659. The van der Waals surface area contributed by atoms with Crippen LogP contribution < -0.4 is 5.32 Å². The Hall–Kier alpha value is -2.80. The summed E-state index contributed by atoms with van der Waals surface area (Å²) in [5.74, 6) is -0.291. The number of aromatic nitrogens is 3. The Kier molecular flexibility index (Phi) is 3.54. The fourth-order valence-corrected chi connectivity index (χ4v) is 3.31. The molecule has 1 aliphatic rings. The molecule has 2 aromatic heterocycles. The van der Waals surface area contributed by atoms with Crippen molar-refractivity contribution in [1.29, 1.82) is 0 Å². The zero-order valence-corrected chi connectivity index (χ0v) is 13.6. The second kappa shape index (κ2) is 5.63. The van der Waals surface area contributed by atoms with E-state index in [1.165, 1.54) is 18.2 Å². The van der Waals surface area contributed by atoms with Crippen molar-refractivity contribution in [1.82, 2.24) is 15.2 Å². The molecule has 1 saturated carbocycles. The Balaban J connectivity index is 1.80. The molecule has 0 amide bonds. The summed E-state index contributed by atoms with van der Waals surface area (Å²) in [5, 5.41) is 32.0. The summed E-state index contributed by atoms with van der Waals surface area (Å²) in [4.78, 5) is 4.34. The van der Waals surface area contributed by atoms with Crippen molar-refractivity contribution in [2.24, 2.45) is 0 Å². The number of halogens is 1. The topological polar surface area (TPSA) is 91.2 Å². The number of hydrogen-bond acceptors (Lipinski definition) is 6. The van der Waals surface area contributed by atoms with Gasteiger partial charge in [-0.2, -0.15) is 0 Å². The van der Waals surface area contributed by atoms with Crippen molar-refractivity contribution < 1.29 is 14.6 Å². The first kappa shape index (κ1) is 15.7. The van der Waals surface area contributed by atoms with Crippen molar-refractivity contribution in [3.05, 3.63) is 42.3 Å². The lowest BCUT2D eigenvalue weighted by atomic mass is 9.77. The lowest BCUT2D eigenvalue weighted by Crippen LogP contribution is -2.48. The quantitative estimate of drug-likeness (QED) is 0.679. The number of phenolic OH excluding ortho intramolecular Hbond substituents is 1. The number of phenols is 1. The van der Waals surface area contributed by atoms with Gasteiger partial charge in [-0.1, -0.05) is 6.07 Å². The number of benzene rings is 1. The predicted molar refractivity (Wildman–Crippen MR) is 91.7 cm³/mol. The van der Waals surface area contributed by atoms with Crippen LogP contribution in [-0.4, -0.2) is 37.0 Å². The molecule has 0 saturated heterocycles. The average molecular weight is 340 g/mol. The van der Waals surface area contributed by atoms with Gasteiger partial charge in [0.2, 0.25) is 0 Å². The Morgan fingerprint density at radius 1 is 1.20 bits per heavy atom. The van der Waals surface area contributed by atoms with Gasteiger partial charge in [0, 0.05) is 17.6 Å². The van der Waals surface area contributed by atoms with Crippen LogP contribution in [0.2, 0.25) is 0 Å². The van der Waals surface area contributed by atoms with Gasteiger partial charge in [0.1, 0.15) is 22.8 Å². The second-order valence-corrected chi connectivity index (χ2v) is 6.68. The predicted octanol–water partition coefficient (Wildman–Crippen LogP) is 2.86. The minimum Gasteiger partial charge on any atom is -0.507 e. The lowest BCUT2D eigenvalue weighted by molar-refractivity contribution is -0.0235. The number of pyridine rings is 1. The van der Waals surface area contributed by atoms with Gasteiger partial charge in [-0.15, -0.1) is 10.2 Å². The summed E-state index contributed by atoms with van der Waals surface area (Å²) in [7, 11) is 0. The van der Waals surface area contributed by atoms with Gasteiger partial charge >= 0.3 is 0 Å². The van der Waals surface area contributed by atoms with Crippen LogP contribution in [0.3, 0.4) is 0 Å². The van der Waals surface area contributed by atoms with Gasteiger partial charge in [-0.25, -0.2) is 4.39 Å². The molecule has 25 heavy (non-hydrogen) atoms. The summed E-state index contributed by atoms with van der Waals surface area (Å²) in [6.07, 6.45) is 2.84. The first-order valence-electron chi connectivity index (χ1n) is 8.03. The van der Waals surface area contributed by atoms with Crippen LogP contribution in [0.25, 0.3) is 22.2 Å². The van der Waals surface area contributed by atoms with Gasteiger partial charge in [-0.3, -0.25) is 4.98 Å². The maximum Gasteiger partial charge on any atom is 0.175 e. The van der Waals surface area contributed by atoms with Gasteiger partial charge in [-0.05, 0) is 44.0 Å². The van der Waals surface area contributed by atoms with E-state index in [2.05, 4.69) is 20.5 Å². The number of aromatic hydroxyl groups is 1. The van der Waals surface area contributed by atoms with E-state index in [-0.39, 0.29) is 23.0 Å².